The minimum atomic E-state index is 0.365. The molecule has 13 heavy (non-hydrogen) atoms. The Morgan fingerprint density at radius 3 is 2.54 bits per heavy atom. The first-order valence-electron chi connectivity index (χ1n) is 3.97. The van der Waals surface area contributed by atoms with Crippen molar-refractivity contribution >= 4 is 5.82 Å². The highest BCUT2D eigenvalue weighted by Gasteiger charge is 2.05. The molecule has 0 bridgehead atoms. The highest BCUT2D eigenvalue weighted by Crippen LogP contribution is 2.10. The monoisotopic (exact) mass is 175 g/mol. The van der Waals surface area contributed by atoms with E-state index in [0.29, 0.717) is 17.9 Å². The Balaban J connectivity index is 2.20. The number of benzene rings is 1. The number of nitrogens with two attached hydrogens (primary N) is 1. The molecule has 0 fully saturated rings. The number of nitrogens with zero attached hydrogens (tertiary/aromatic N) is 2. The van der Waals surface area contributed by atoms with Crippen LogP contribution in [0.2, 0.25) is 0 Å². The lowest BCUT2D eigenvalue weighted by Gasteiger charge is -1.95. The van der Waals surface area contributed by atoms with Gasteiger partial charge in [0, 0.05) is 6.42 Å². The van der Waals surface area contributed by atoms with Crippen LogP contribution in [0.5, 0.6) is 0 Å². The van der Waals surface area contributed by atoms with Crippen LogP contribution in [0.25, 0.3) is 0 Å². The summed E-state index contributed by atoms with van der Waals surface area (Å²) in [5.41, 5.74) is 7.35. The Morgan fingerprint density at radius 2 is 1.92 bits per heavy atom. The molecule has 0 aliphatic carbocycles. The van der Waals surface area contributed by atoms with Crippen molar-refractivity contribution in [2.45, 2.75) is 6.42 Å². The van der Waals surface area contributed by atoms with Gasteiger partial charge in [-0.1, -0.05) is 35.5 Å². The summed E-state index contributed by atoms with van der Waals surface area (Å²) < 4.78 is 4.49. The van der Waals surface area contributed by atoms with Crippen molar-refractivity contribution in [3.05, 3.63) is 41.6 Å². The van der Waals surface area contributed by atoms with Gasteiger partial charge in [-0.25, -0.2) is 4.63 Å². The number of hydrogen-bond donors (Lipinski definition) is 1. The molecule has 2 aromatic rings. The van der Waals surface area contributed by atoms with E-state index < -0.39 is 0 Å². The smallest absolute Gasteiger partial charge is 0.191 e. The van der Waals surface area contributed by atoms with E-state index in [0.717, 1.165) is 5.56 Å². The number of hydrogen-bond acceptors (Lipinski definition) is 4. The molecule has 0 spiro atoms. The maximum atomic E-state index is 5.52. The lowest BCUT2D eigenvalue weighted by molar-refractivity contribution is 0.305. The molecular formula is C9H9N3O. The van der Waals surface area contributed by atoms with Gasteiger partial charge in [0.2, 0.25) is 0 Å². The normalized spacial score (nSPS) is 10.2. The lowest BCUT2D eigenvalue weighted by atomic mass is 10.1. The second-order valence-electron chi connectivity index (χ2n) is 2.76. The molecule has 0 radical (unpaired) electrons. The maximum absolute atomic E-state index is 5.52. The lowest BCUT2D eigenvalue weighted by Crippen LogP contribution is -1.94. The summed E-state index contributed by atoms with van der Waals surface area (Å²) in [5, 5.41) is 7.20. The molecule has 66 valence electrons. The van der Waals surface area contributed by atoms with Gasteiger partial charge in [0.15, 0.2) is 5.82 Å². The van der Waals surface area contributed by atoms with Crippen LogP contribution in [0.15, 0.2) is 35.0 Å². The van der Waals surface area contributed by atoms with Gasteiger partial charge in [-0.2, -0.15) is 0 Å². The van der Waals surface area contributed by atoms with Crippen molar-refractivity contribution in [3.8, 4) is 0 Å². The molecule has 0 saturated heterocycles. The van der Waals surface area contributed by atoms with E-state index in [1.165, 1.54) is 0 Å². The topological polar surface area (TPSA) is 64.9 Å². The number of nitrogen functional groups attached to an aromatic ring is 1. The number of anilines is 1. The largest absolute Gasteiger partial charge is 0.379 e. The summed E-state index contributed by atoms with van der Waals surface area (Å²) in [6, 6.07) is 9.92. The van der Waals surface area contributed by atoms with E-state index in [9.17, 15) is 0 Å². The molecule has 2 N–H and O–H groups in total. The summed E-state index contributed by atoms with van der Waals surface area (Å²) in [7, 11) is 0. The highest BCUT2D eigenvalue weighted by molar-refractivity contribution is 5.35. The van der Waals surface area contributed by atoms with Crippen molar-refractivity contribution in [1.82, 2.24) is 10.3 Å². The summed E-state index contributed by atoms with van der Waals surface area (Å²) >= 11 is 0. The third kappa shape index (κ3) is 1.66. The Hall–Kier alpha value is -1.84. The zero-order valence-electron chi connectivity index (χ0n) is 6.97. The molecule has 1 aromatic heterocycles. The first-order chi connectivity index (χ1) is 6.36. The van der Waals surface area contributed by atoms with Gasteiger partial charge in [0.05, 0.1) is 0 Å². The summed E-state index contributed by atoms with van der Waals surface area (Å²) in [4.78, 5) is 0. The fourth-order valence-corrected chi connectivity index (χ4v) is 1.13. The molecule has 0 saturated carbocycles. The van der Waals surface area contributed by atoms with Crippen LogP contribution >= 0.6 is 0 Å². The Bertz CT molecular complexity index is 383. The van der Waals surface area contributed by atoms with Crippen LogP contribution in [0.4, 0.5) is 5.82 Å². The number of aromatic nitrogens is 2. The van der Waals surface area contributed by atoms with Gasteiger partial charge in [-0.05, 0) is 10.7 Å². The predicted octanol–water partition coefficient (Wildman–Crippen LogP) is 1.24. The standard InChI is InChI=1S/C9H9N3O/c10-9-8(11-13-12-9)6-7-4-2-1-3-5-7/h1-5H,6H2,(H2,10,12). The van der Waals surface area contributed by atoms with Crippen LogP contribution in [0.1, 0.15) is 11.3 Å². The van der Waals surface area contributed by atoms with Gasteiger partial charge in [0.25, 0.3) is 0 Å². The van der Waals surface area contributed by atoms with Crippen molar-refractivity contribution in [2.24, 2.45) is 0 Å². The van der Waals surface area contributed by atoms with E-state index in [-0.39, 0.29) is 0 Å². The molecule has 0 aliphatic heterocycles. The fraction of sp³-hybridized carbons (Fsp3) is 0.111. The van der Waals surface area contributed by atoms with Crippen molar-refractivity contribution in [3.63, 3.8) is 0 Å². The SMILES string of the molecule is Nc1nonc1Cc1ccccc1. The van der Waals surface area contributed by atoms with Crippen LogP contribution in [0, 0.1) is 0 Å². The molecule has 0 amide bonds. The van der Waals surface area contributed by atoms with Crippen LogP contribution < -0.4 is 5.73 Å². The highest BCUT2D eigenvalue weighted by atomic mass is 16.6. The third-order valence-electron chi connectivity index (χ3n) is 1.80. The third-order valence-corrected chi connectivity index (χ3v) is 1.80. The predicted molar refractivity (Wildman–Crippen MR) is 48.0 cm³/mol. The molecule has 2 rings (SSSR count). The molecule has 1 aromatic carbocycles. The van der Waals surface area contributed by atoms with Gasteiger partial charge >= 0.3 is 0 Å². The van der Waals surface area contributed by atoms with Gasteiger partial charge in [0.1, 0.15) is 5.69 Å². The zero-order valence-corrected chi connectivity index (χ0v) is 6.97. The minimum Gasteiger partial charge on any atom is -0.379 e. The molecule has 0 unspecified atom stereocenters. The summed E-state index contributed by atoms with van der Waals surface area (Å²) in [6.07, 6.45) is 0.663. The summed E-state index contributed by atoms with van der Waals surface area (Å²) in [6.45, 7) is 0. The van der Waals surface area contributed by atoms with E-state index in [1.54, 1.807) is 0 Å². The van der Waals surface area contributed by atoms with E-state index in [4.69, 9.17) is 5.73 Å². The van der Waals surface area contributed by atoms with Crippen LogP contribution in [0.3, 0.4) is 0 Å². The molecular weight excluding hydrogens is 166 g/mol. The second kappa shape index (κ2) is 3.26. The first-order valence-corrected chi connectivity index (χ1v) is 3.97. The second-order valence-corrected chi connectivity index (χ2v) is 2.76. The van der Waals surface area contributed by atoms with E-state index in [1.807, 2.05) is 30.3 Å². The Morgan fingerprint density at radius 1 is 1.15 bits per heavy atom. The molecule has 1 heterocycles. The van der Waals surface area contributed by atoms with Crippen LogP contribution in [-0.4, -0.2) is 10.3 Å². The van der Waals surface area contributed by atoms with Gasteiger partial charge in [-0.15, -0.1) is 0 Å². The quantitative estimate of drug-likeness (QED) is 0.745. The summed E-state index contributed by atoms with van der Waals surface area (Å²) in [5.74, 6) is 0.365. The Kier molecular flexibility index (Phi) is 1.96. The molecule has 0 atom stereocenters. The fourth-order valence-electron chi connectivity index (χ4n) is 1.13. The number of rotatable bonds is 2. The molecule has 0 aliphatic rings. The zero-order chi connectivity index (χ0) is 9.10. The Labute approximate surface area is 75.3 Å². The van der Waals surface area contributed by atoms with Crippen molar-refractivity contribution in [1.29, 1.82) is 0 Å². The first kappa shape index (κ1) is 7.79. The maximum Gasteiger partial charge on any atom is 0.191 e. The average molecular weight is 175 g/mol. The van der Waals surface area contributed by atoms with Crippen LogP contribution in [-0.2, 0) is 6.42 Å². The van der Waals surface area contributed by atoms with Crippen molar-refractivity contribution in [2.75, 3.05) is 5.73 Å². The van der Waals surface area contributed by atoms with Gasteiger partial charge in [-0.3, -0.25) is 0 Å². The molecule has 4 heteroatoms. The average Bonchev–Trinajstić information content (AvgIpc) is 2.54. The van der Waals surface area contributed by atoms with Crippen molar-refractivity contribution < 1.29 is 4.63 Å². The van der Waals surface area contributed by atoms with Gasteiger partial charge < -0.3 is 5.73 Å². The van der Waals surface area contributed by atoms with E-state index >= 15 is 0 Å². The van der Waals surface area contributed by atoms with E-state index in [2.05, 4.69) is 14.9 Å². The minimum absolute atomic E-state index is 0.365. The molecule has 4 nitrogen and oxygen atoms in total.